The van der Waals surface area contributed by atoms with E-state index in [0.29, 0.717) is 0 Å². The number of benzene rings is 2. The minimum Gasteiger partial charge on any atom is -0.454 e. The van der Waals surface area contributed by atoms with Gasteiger partial charge in [0.1, 0.15) is 11.3 Å². The van der Waals surface area contributed by atoms with Crippen molar-refractivity contribution in [3.05, 3.63) is 95.4 Å². The van der Waals surface area contributed by atoms with Gasteiger partial charge >= 0.3 is 0 Å². The lowest BCUT2D eigenvalue weighted by Gasteiger charge is -2.15. The summed E-state index contributed by atoms with van der Waals surface area (Å²) in [7, 11) is 4.09. The summed E-state index contributed by atoms with van der Waals surface area (Å²) in [5, 5.41) is 10.5. The van der Waals surface area contributed by atoms with Gasteiger partial charge in [-0.15, -0.1) is 0 Å². The van der Waals surface area contributed by atoms with Crippen LogP contribution in [0, 0.1) is 6.92 Å². The second-order valence-electron chi connectivity index (χ2n) is 8.42. The molecule has 0 radical (unpaired) electrons. The number of rotatable bonds is 7. The van der Waals surface area contributed by atoms with Crippen LogP contribution in [0.5, 0.6) is 0 Å². The highest BCUT2D eigenvalue weighted by atomic mass is 16.3. The second-order valence-corrected chi connectivity index (χ2v) is 8.42. The monoisotopic (exact) mass is 425 g/mol. The highest BCUT2D eigenvalue weighted by molar-refractivity contribution is 5.82. The number of hydrogen-bond donors (Lipinski definition) is 0. The predicted molar refractivity (Wildman–Crippen MR) is 126 cm³/mol. The molecule has 3 aromatic heterocycles. The number of nitrogens with zero attached hydrogens (tertiary/aromatic N) is 5. The van der Waals surface area contributed by atoms with Crippen molar-refractivity contribution in [1.82, 2.24) is 24.5 Å². The molecule has 32 heavy (non-hydrogen) atoms. The van der Waals surface area contributed by atoms with Crippen LogP contribution in [0.2, 0.25) is 0 Å². The third-order valence-corrected chi connectivity index (χ3v) is 5.68. The Bertz CT molecular complexity index is 1310. The van der Waals surface area contributed by atoms with Gasteiger partial charge in [0.05, 0.1) is 12.2 Å². The highest BCUT2D eigenvalue weighted by Crippen LogP contribution is 2.30. The maximum absolute atomic E-state index is 6.17. The summed E-state index contributed by atoms with van der Waals surface area (Å²) in [6.45, 7) is 4.36. The van der Waals surface area contributed by atoms with Crippen LogP contribution in [0.25, 0.3) is 22.4 Å². The molecular weight excluding hydrogens is 398 g/mol. The van der Waals surface area contributed by atoms with E-state index in [2.05, 4.69) is 72.8 Å². The Balaban J connectivity index is 1.46. The molecule has 0 spiro atoms. The normalized spacial score (nSPS) is 11.6. The van der Waals surface area contributed by atoms with Crippen LogP contribution in [0.3, 0.4) is 0 Å². The van der Waals surface area contributed by atoms with Gasteiger partial charge in [-0.3, -0.25) is 14.3 Å². The summed E-state index contributed by atoms with van der Waals surface area (Å²) in [5.41, 5.74) is 6.44. The number of fused-ring (bicyclic) bond motifs is 1. The molecule has 0 unspecified atom stereocenters. The summed E-state index contributed by atoms with van der Waals surface area (Å²) < 4.78 is 10.1. The van der Waals surface area contributed by atoms with Crippen LogP contribution in [0.4, 0.5) is 0 Å². The maximum Gasteiger partial charge on any atom is 0.156 e. The van der Waals surface area contributed by atoms with Gasteiger partial charge in [0.15, 0.2) is 5.76 Å². The zero-order valence-electron chi connectivity index (χ0n) is 18.7. The topological polar surface area (TPSA) is 52.0 Å². The molecule has 5 aromatic rings. The van der Waals surface area contributed by atoms with E-state index in [4.69, 9.17) is 9.52 Å². The third-order valence-electron chi connectivity index (χ3n) is 5.68. The molecule has 2 aromatic carbocycles. The van der Waals surface area contributed by atoms with Crippen LogP contribution < -0.4 is 0 Å². The van der Waals surface area contributed by atoms with Gasteiger partial charge in [-0.1, -0.05) is 48.5 Å². The van der Waals surface area contributed by atoms with Crippen molar-refractivity contribution in [1.29, 1.82) is 0 Å². The van der Waals surface area contributed by atoms with Gasteiger partial charge in [0, 0.05) is 49.0 Å². The smallest absolute Gasteiger partial charge is 0.156 e. The molecule has 0 aliphatic rings. The van der Waals surface area contributed by atoms with Gasteiger partial charge in [-0.25, -0.2) is 0 Å². The zero-order chi connectivity index (χ0) is 22.1. The number of furan rings is 1. The Kier molecular flexibility index (Phi) is 5.37. The van der Waals surface area contributed by atoms with E-state index in [-0.39, 0.29) is 0 Å². The molecule has 0 atom stereocenters. The molecule has 0 N–H and O–H groups in total. The quantitative estimate of drug-likeness (QED) is 0.367. The Morgan fingerprint density at radius 3 is 2.41 bits per heavy atom. The lowest BCUT2D eigenvalue weighted by atomic mass is 10.1. The molecule has 0 aliphatic carbocycles. The fourth-order valence-electron chi connectivity index (χ4n) is 4.18. The van der Waals surface area contributed by atoms with Gasteiger partial charge in [-0.05, 0) is 31.7 Å². The average Bonchev–Trinajstić information content (AvgIpc) is 3.45. The zero-order valence-corrected chi connectivity index (χ0v) is 18.7. The Labute approximate surface area is 187 Å². The van der Waals surface area contributed by atoms with Gasteiger partial charge < -0.3 is 4.42 Å². The van der Waals surface area contributed by atoms with Crippen molar-refractivity contribution < 1.29 is 4.42 Å². The largest absolute Gasteiger partial charge is 0.454 e. The minimum absolute atomic E-state index is 0.722. The van der Waals surface area contributed by atoms with E-state index in [1.165, 1.54) is 11.1 Å². The van der Waals surface area contributed by atoms with E-state index in [0.717, 1.165) is 53.3 Å². The van der Waals surface area contributed by atoms with Gasteiger partial charge in [-0.2, -0.15) is 10.2 Å². The lowest BCUT2D eigenvalue weighted by Crippen LogP contribution is -2.17. The van der Waals surface area contributed by atoms with E-state index < -0.39 is 0 Å². The first-order chi connectivity index (χ1) is 15.5. The standard InChI is InChI=1S/C26H27N5O/c1-19-22(17-30(3)27-19)15-29(2)16-23-18-31(14-20-9-5-4-6-10-20)28-26(23)25-13-21-11-7-8-12-24(21)32-25/h4-13,17-18H,14-16H2,1-3H3. The van der Waals surface area contributed by atoms with Gasteiger partial charge in [0.2, 0.25) is 0 Å². The lowest BCUT2D eigenvalue weighted by molar-refractivity contribution is 0.318. The molecule has 0 saturated carbocycles. The minimum atomic E-state index is 0.722. The molecule has 6 heteroatoms. The second kappa shape index (κ2) is 8.48. The van der Waals surface area contributed by atoms with Crippen LogP contribution in [-0.2, 0) is 26.7 Å². The molecule has 6 nitrogen and oxygen atoms in total. The number of aryl methyl sites for hydroxylation is 2. The Morgan fingerprint density at radius 2 is 1.66 bits per heavy atom. The number of para-hydroxylation sites is 1. The molecule has 0 amide bonds. The van der Waals surface area contributed by atoms with Crippen LogP contribution in [0.1, 0.15) is 22.4 Å². The molecule has 3 heterocycles. The predicted octanol–water partition coefficient (Wildman–Crippen LogP) is 5.02. The number of aromatic nitrogens is 4. The molecular formula is C26H27N5O. The summed E-state index contributed by atoms with van der Waals surface area (Å²) in [5.74, 6) is 0.805. The van der Waals surface area contributed by atoms with Crippen molar-refractivity contribution in [2.24, 2.45) is 7.05 Å². The Hall–Kier alpha value is -3.64. The van der Waals surface area contributed by atoms with Crippen molar-refractivity contribution in [3.8, 4) is 11.5 Å². The molecule has 5 rings (SSSR count). The SMILES string of the molecule is Cc1nn(C)cc1CN(C)Cc1cn(Cc2ccccc2)nc1-c1cc2ccccc2o1. The molecule has 0 aliphatic heterocycles. The molecule has 162 valence electrons. The fraction of sp³-hybridized carbons (Fsp3) is 0.231. The first kappa shape index (κ1) is 20.3. The fourth-order valence-corrected chi connectivity index (χ4v) is 4.18. The molecule has 0 saturated heterocycles. The van der Waals surface area contributed by atoms with Crippen molar-refractivity contribution in [2.75, 3.05) is 7.05 Å². The van der Waals surface area contributed by atoms with Crippen LogP contribution in [-0.4, -0.2) is 31.5 Å². The molecule has 0 bridgehead atoms. The van der Waals surface area contributed by atoms with Crippen molar-refractivity contribution in [2.45, 2.75) is 26.6 Å². The van der Waals surface area contributed by atoms with E-state index in [9.17, 15) is 0 Å². The third kappa shape index (κ3) is 4.22. The van der Waals surface area contributed by atoms with Crippen LogP contribution >= 0.6 is 0 Å². The highest BCUT2D eigenvalue weighted by Gasteiger charge is 2.18. The first-order valence-electron chi connectivity index (χ1n) is 10.8. The van der Waals surface area contributed by atoms with E-state index in [1.54, 1.807) is 0 Å². The summed E-state index contributed by atoms with van der Waals surface area (Å²) >= 11 is 0. The van der Waals surface area contributed by atoms with Crippen molar-refractivity contribution in [3.63, 3.8) is 0 Å². The summed E-state index contributed by atoms with van der Waals surface area (Å²) in [6.07, 6.45) is 4.23. The summed E-state index contributed by atoms with van der Waals surface area (Å²) in [6, 6.07) is 20.6. The van der Waals surface area contributed by atoms with E-state index >= 15 is 0 Å². The van der Waals surface area contributed by atoms with Gasteiger partial charge in [0.25, 0.3) is 0 Å². The molecule has 0 fully saturated rings. The first-order valence-corrected chi connectivity index (χ1v) is 10.8. The van der Waals surface area contributed by atoms with Crippen LogP contribution in [0.15, 0.2) is 77.5 Å². The Morgan fingerprint density at radius 1 is 0.906 bits per heavy atom. The maximum atomic E-state index is 6.17. The van der Waals surface area contributed by atoms with Crippen molar-refractivity contribution >= 4 is 11.0 Å². The average molecular weight is 426 g/mol. The summed E-state index contributed by atoms with van der Waals surface area (Å²) in [4.78, 5) is 2.29. The number of hydrogen-bond acceptors (Lipinski definition) is 4. The van der Waals surface area contributed by atoms with E-state index in [1.807, 2.05) is 40.7 Å².